The Kier molecular flexibility index (Phi) is 3.76. The number of amides is 1. The summed E-state index contributed by atoms with van der Waals surface area (Å²) in [5, 5.41) is 3.60. The summed E-state index contributed by atoms with van der Waals surface area (Å²) in [5.74, 6) is -0.464. The number of hydrogen-bond acceptors (Lipinski definition) is 5. The molecule has 21 heavy (non-hydrogen) atoms. The number of esters is 1. The molecule has 0 bridgehead atoms. The summed E-state index contributed by atoms with van der Waals surface area (Å²) in [6.07, 6.45) is 0.643. The van der Waals surface area contributed by atoms with Gasteiger partial charge in [0.25, 0.3) is 0 Å². The molecule has 0 aromatic heterocycles. The first-order valence-electron chi connectivity index (χ1n) is 6.84. The van der Waals surface area contributed by atoms with Crippen molar-refractivity contribution in [3.05, 3.63) is 10.4 Å². The van der Waals surface area contributed by atoms with E-state index in [9.17, 15) is 9.59 Å². The number of azide groups is 1. The number of fused-ring (bicyclic) bond motifs is 1. The molecule has 116 valence electrons. The molecule has 1 aliphatic carbocycles. The summed E-state index contributed by atoms with van der Waals surface area (Å²) >= 11 is 0. The normalized spacial score (nSPS) is 30.2. The maximum absolute atomic E-state index is 12.3. The third-order valence-electron chi connectivity index (χ3n) is 3.94. The Hall–Kier alpha value is -1.95. The molecule has 1 heterocycles. The number of hydrogen-bond donors (Lipinski definition) is 0. The Morgan fingerprint density at radius 2 is 2.10 bits per heavy atom. The fourth-order valence-corrected chi connectivity index (χ4v) is 2.95. The standard InChI is InChI=1S/C13H20N4O4/c1-12(2,3)21-11(19)17-8(10(18)20-4)5-13(6-9(13)17)7-15-16-14/h8-9H,5-7H2,1-4H3/t8-,9+,13-/m0/s1. The second kappa shape index (κ2) is 5.11. The number of piperidine rings is 1. The van der Waals surface area contributed by atoms with Crippen molar-refractivity contribution in [3.63, 3.8) is 0 Å². The summed E-state index contributed by atoms with van der Waals surface area (Å²) in [4.78, 5) is 28.5. The number of methoxy groups -OCH3 is 1. The molecule has 1 saturated carbocycles. The zero-order valence-corrected chi connectivity index (χ0v) is 12.7. The van der Waals surface area contributed by atoms with Crippen LogP contribution in [0.3, 0.4) is 0 Å². The molecule has 0 spiro atoms. The second-order valence-corrected chi connectivity index (χ2v) is 6.60. The first-order chi connectivity index (χ1) is 9.74. The highest BCUT2D eigenvalue weighted by molar-refractivity contribution is 5.83. The van der Waals surface area contributed by atoms with Crippen molar-refractivity contribution in [1.82, 2.24) is 4.90 Å². The predicted octanol–water partition coefficient (Wildman–Crippen LogP) is 2.24. The molecule has 0 aromatic rings. The van der Waals surface area contributed by atoms with Crippen LogP contribution in [0.2, 0.25) is 0 Å². The molecule has 8 nitrogen and oxygen atoms in total. The van der Waals surface area contributed by atoms with E-state index >= 15 is 0 Å². The van der Waals surface area contributed by atoms with Crippen LogP contribution in [0.25, 0.3) is 10.4 Å². The fourth-order valence-electron chi connectivity index (χ4n) is 2.95. The summed E-state index contributed by atoms with van der Waals surface area (Å²) < 4.78 is 10.1. The highest BCUT2D eigenvalue weighted by Gasteiger charge is 2.67. The lowest BCUT2D eigenvalue weighted by molar-refractivity contribution is -0.146. The van der Waals surface area contributed by atoms with Crippen molar-refractivity contribution in [2.45, 2.75) is 51.3 Å². The van der Waals surface area contributed by atoms with Crippen molar-refractivity contribution in [1.29, 1.82) is 0 Å². The highest BCUT2D eigenvalue weighted by Crippen LogP contribution is 2.60. The Labute approximate surface area is 123 Å². The van der Waals surface area contributed by atoms with Gasteiger partial charge in [0.15, 0.2) is 0 Å². The Bertz CT molecular complexity index is 509. The van der Waals surface area contributed by atoms with Gasteiger partial charge < -0.3 is 9.47 Å². The van der Waals surface area contributed by atoms with Gasteiger partial charge in [-0.3, -0.25) is 4.90 Å². The average molecular weight is 296 g/mol. The molecule has 0 unspecified atom stereocenters. The molecule has 8 heteroatoms. The van der Waals surface area contributed by atoms with Crippen LogP contribution in [0.5, 0.6) is 0 Å². The summed E-state index contributed by atoms with van der Waals surface area (Å²) in [5.41, 5.74) is 7.53. The van der Waals surface area contributed by atoms with Crippen molar-refractivity contribution < 1.29 is 19.1 Å². The number of ether oxygens (including phenoxy) is 2. The Morgan fingerprint density at radius 3 is 2.62 bits per heavy atom. The Morgan fingerprint density at radius 1 is 1.43 bits per heavy atom. The largest absolute Gasteiger partial charge is 0.467 e. The van der Waals surface area contributed by atoms with Crippen molar-refractivity contribution in [3.8, 4) is 0 Å². The smallest absolute Gasteiger partial charge is 0.411 e. The second-order valence-electron chi connectivity index (χ2n) is 6.60. The van der Waals surface area contributed by atoms with Crippen LogP contribution < -0.4 is 0 Å². The van der Waals surface area contributed by atoms with E-state index in [4.69, 9.17) is 15.0 Å². The summed E-state index contributed by atoms with van der Waals surface area (Å²) in [6.45, 7) is 5.59. The summed E-state index contributed by atoms with van der Waals surface area (Å²) in [6, 6.07) is -0.792. The molecular weight excluding hydrogens is 276 g/mol. The molecule has 2 aliphatic rings. The zero-order valence-electron chi connectivity index (χ0n) is 12.7. The number of likely N-dealkylation sites (tertiary alicyclic amines) is 1. The van der Waals surface area contributed by atoms with Crippen LogP contribution in [0.1, 0.15) is 33.6 Å². The quantitative estimate of drug-likeness (QED) is 0.344. The van der Waals surface area contributed by atoms with Gasteiger partial charge in [-0.15, -0.1) is 0 Å². The highest BCUT2D eigenvalue weighted by atomic mass is 16.6. The van der Waals surface area contributed by atoms with E-state index in [-0.39, 0.29) is 18.0 Å². The van der Waals surface area contributed by atoms with Crippen LogP contribution in [0.15, 0.2) is 5.11 Å². The fraction of sp³-hybridized carbons (Fsp3) is 0.846. The van der Waals surface area contributed by atoms with E-state index in [1.807, 2.05) is 0 Å². The molecule has 1 amide bonds. The number of nitrogens with zero attached hydrogens (tertiary/aromatic N) is 4. The average Bonchev–Trinajstić information content (AvgIpc) is 2.98. The van der Waals surface area contributed by atoms with Crippen molar-refractivity contribution in [2.75, 3.05) is 13.7 Å². The lowest BCUT2D eigenvalue weighted by Gasteiger charge is -2.29. The van der Waals surface area contributed by atoms with Crippen molar-refractivity contribution in [2.24, 2.45) is 10.5 Å². The van der Waals surface area contributed by atoms with Crippen LogP contribution >= 0.6 is 0 Å². The molecule has 0 aromatic carbocycles. The van der Waals surface area contributed by atoms with Crippen LogP contribution in [0.4, 0.5) is 4.79 Å². The first kappa shape index (κ1) is 15.4. The van der Waals surface area contributed by atoms with Crippen LogP contribution in [0, 0.1) is 5.41 Å². The SMILES string of the molecule is COC(=O)[C@@H]1C[C@@]2(CN=[N+]=[N-])C[C@H]2N1C(=O)OC(C)(C)C. The number of carbonyl (C=O) groups is 2. The van der Waals surface area contributed by atoms with Gasteiger partial charge >= 0.3 is 12.1 Å². The van der Waals surface area contributed by atoms with Crippen LogP contribution in [-0.4, -0.2) is 48.3 Å². The molecule has 1 aliphatic heterocycles. The van der Waals surface area contributed by atoms with Gasteiger partial charge in [0.2, 0.25) is 0 Å². The van der Waals surface area contributed by atoms with Gasteiger partial charge in [-0.05, 0) is 39.1 Å². The van der Waals surface area contributed by atoms with Gasteiger partial charge in [-0.1, -0.05) is 5.11 Å². The van der Waals surface area contributed by atoms with Gasteiger partial charge in [0.1, 0.15) is 11.6 Å². The van der Waals surface area contributed by atoms with Gasteiger partial charge in [0.05, 0.1) is 7.11 Å². The van der Waals surface area contributed by atoms with Crippen molar-refractivity contribution >= 4 is 12.1 Å². The lowest BCUT2D eigenvalue weighted by atomic mass is 10.00. The van der Waals surface area contributed by atoms with Gasteiger partial charge in [-0.2, -0.15) is 0 Å². The minimum atomic E-state index is -0.669. The number of rotatable bonds is 3. The monoisotopic (exact) mass is 296 g/mol. The zero-order chi connectivity index (χ0) is 15.8. The third-order valence-corrected chi connectivity index (χ3v) is 3.94. The van der Waals surface area contributed by atoms with Gasteiger partial charge in [0, 0.05) is 22.9 Å². The van der Waals surface area contributed by atoms with E-state index in [0.717, 1.165) is 6.42 Å². The van der Waals surface area contributed by atoms with E-state index in [0.29, 0.717) is 6.42 Å². The maximum atomic E-state index is 12.3. The van der Waals surface area contributed by atoms with E-state index in [2.05, 4.69) is 10.0 Å². The van der Waals surface area contributed by atoms with E-state index in [1.165, 1.54) is 12.0 Å². The Balaban J connectivity index is 2.19. The number of carbonyl (C=O) groups excluding carboxylic acids is 2. The lowest BCUT2D eigenvalue weighted by Crippen LogP contribution is -2.46. The van der Waals surface area contributed by atoms with Gasteiger partial charge in [-0.25, -0.2) is 9.59 Å². The molecule has 1 saturated heterocycles. The molecule has 2 rings (SSSR count). The summed E-state index contributed by atoms with van der Waals surface area (Å²) in [7, 11) is 1.29. The molecular formula is C13H20N4O4. The third kappa shape index (κ3) is 2.90. The molecule has 0 radical (unpaired) electrons. The molecule has 3 atom stereocenters. The first-order valence-corrected chi connectivity index (χ1v) is 6.84. The van der Waals surface area contributed by atoms with E-state index in [1.54, 1.807) is 20.8 Å². The maximum Gasteiger partial charge on any atom is 0.411 e. The van der Waals surface area contributed by atoms with E-state index < -0.39 is 23.7 Å². The minimum Gasteiger partial charge on any atom is -0.467 e. The van der Waals surface area contributed by atoms with Crippen LogP contribution in [-0.2, 0) is 14.3 Å². The predicted molar refractivity (Wildman–Crippen MR) is 73.3 cm³/mol. The minimum absolute atomic E-state index is 0.123. The topological polar surface area (TPSA) is 105 Å². The molecule has 0 N–H and O–H groups in total. The molecule has 2 fully saturated rings.